The van der Waals surface area contributed by atoms with Gasteiger partial charge in [-0.2, -0.15) is 5.10 Å². The van der Waals surface area contributed by atoms with Crippen molar-refractivity contribution in [3.63, 3.8) is 0 Å². The molecule has 0 unspecified atom stereocenters. The Morgan fingerprint density at radius 2 is 2.04 bits per heavy atom. The summed E-state index contributed by atoms with van der Waals surface area (Å²) in [5.74, 6) is 0.670. The molecule has 3 aromatic heterocycles. The Hall–Kier alpha value is -2.66. The van der Waals surface area contributed by atoms with Crippen molar-refractivity contribution in [3.05, 3.63) is 47.8 Å². The van der Waals surface area contributed by atoms with Gasteiger partial charge in [0.15, 0.2) is 0 Å². The highest BCUT2D eigenvalue weighted by atomic mass is 15.3. The number of aromatic nitrogens is 4. The molecule has 0 radical (unpaired) electrons. The fourth-order valence-corrected chi connectivity index (χ4v) is 4.58. The highest BCUT2D eigenvalue weighted by Crippen LogP contribution is 2.36. The zero-order chi connectivity index (χ0) is 18.4. The molecule has 1 saturated heterocycles. The van der Waals surface area contributed by atoms with E-state index in [1.54, 1.807) is 0 Å². The number of benzene rings is 1. The first-order valence-electron chi connectivity index (χ1n) is 9.88. The Labute approximate surface area is 158 Å². The molecule has 1 aliphatic heterocycles. The van der Waals surface area contributed by atoms with Gasteiger partial charge >= 0.3 is 0 Å². The van der Waals surface area contributed by atoms with Crippen molar-refractivity contribution >= 4 is 21.9 Å². The lowest BCUT2D eigenvalue weighted by Crippen LogP contribution is -2.26. The lowest BCUT2D eigenvalue weighted by Gasteiger charge is -2.23. The van der Waals surface area contributed by atoms with Crippen LogP contribution in [0.3, 0.4) is 0 Å². The lowest BCUT2D eigenvalue weighted by molar-refractivity contribution is 0.460. The van der Waals surface area contributed by atoms with Crippen LogP contribution in [0.15, 0.2) is 36.7 Å². The molecule has 27 heavy (non-hydrogen) atoms. The molecule has 0 saturated carbocycles. The Balaban J connectivity index is 1.69. The summed E-state index contributed by atoms with van der Waals surface area (Å²) in [4.78, 5) is 8.16. The van der Waals surface area contributed by atoms with Crippen molar-refractivity contribution in [1.82, 2.24) is 25.1 Å². The number of nitrogens with zero attached hydrogens (tertiary/aromatic N) is 3. The van der Waals surface area contributed by atoms with Gasteiger partial charge in [-0.1, -0.05) is 13.0 Å². The molecule has 138 valence electrons. The quantitative estimate of drug-likeness (QED) is 0.578. The van der Waals surface area contributed by atoms with Gasteiger partial charge in [-0.05, 0) is 67.6 Å². The topological polar surface area (TPSA) is 58.5 Å². The molecule has 4 aromatic rings. The molecule has 5 nitrogen and oxygen atoms in total. The summed E-state index contributed by atoms with van der Waals surface area (Å²) >= 11 is 0. The number of piperidine rings is 1. The van der Waals surface area contributed by atoms with E-state index in [1.807, 2.05) is 24.1 Å². The number of nitrogens with one attached hydrogen (secondary N) is 2. The molecule has 0 amide bonds. The number of hydrogen-bond acceptors (Lipinski definition) is 3. The largest absolute Gasteiger partial charge is 0.354 e. The molecule has 2 N–H and O–H groups in total. The fraction of sp³-hybridized carbons (Fsp3) is 0.364. The van der Waals surface area contributed by atoms with E-state index in [-0.39, 0.29) is 0 Å². The highest BCUT2D eigenvalue weighted by molar-refractivity contribution is 5.98. The van der Waals surface area contributed by atoms with Gasteiger partial charge in [0.1, 0.15) is 5.52 Å². The lowest BCUT2D eigenvalue weighted by atomic mass is 9.89. The molecule has 1 fully saturated rings. The summed E-state index contributed by atoms with van der Waals surface area (Å²) in [6.45, 7) is 4.49. The third kappa shape index (κ3) is 2.65. The van der Waals surface area contributed by atoms with E-state index in [1.165, 1.54) is 46.1 Å². The summed E-state index contributed by atoms with van der Waals surface area (Å²) in [6.07, 6.45) is 7.16. The molecule has 0 bridgehead atoms. The van der Waals surface area contributed by atoms with E-state index in [2.05, 4.69) is 51.6 Å². The molecule has 1 aromatic carbocycles. The van der Waals surface area contributed by atoms with Crippen LogP contribution in [0.25, 0.3) is 33.2 Å². The number of H-pyrrole nitrogens is 1. The normalized spacial score (nSPS) is 15.8. The van der Waals surface area contributed by atoms with Gasteiger partial charge in [-0.25, -0.2) is 0 Å². The fourth-order valence-electron chi connectivity index (χ4n) is 4.58. The summed E-state index contributed by atoms with van der Waals surface area (Å²) in [5, 5.41) is 9.23. The zero-order valence-corrected chi connectivity index (χ0v) is 15.9. The molecular formula is C22H25N5. The van der Waals surface area contributed by atoms with Crippen LogP contribution in [0.2, 0.25) is 0 Å². The number of fused-ring (bicyclic) bond motifs is 2. The van der Waals surface area contributed by atoms with Crippen LogP contribution in [0.5, 0.6) is 0 Å². The van der Waals surface area contributed by atoms with Gasteiger partial charge in [0, 0.05) is 29.7 Å². The van der Waals surface area contributed by atoms with Crippen LogP contribution in [0, 0.1) is 0 Å². The van der Waals surface area contributed by atoms with Gasteiger partial charge in [0.25, 0.3) is 0 Å². The third-order valence-corrected chi connectivity index (χ3v) is 5.99. The number of aromatic amines is 1. The molecule has 5 heteroatoms. The van der Waals surface area contributed by atoms with Crippen molar-refractivity contribution in [1.29, 1.82) is 0 Å². The van der Waals surface area contributed by atoms with Crippen molar-refractivity contribution in [2.45, 2.75) is 32.1 Å². The Kier molecular flexibility index (Phi) is 3.97. The van der Waals surface area contributed by atoms with Crippen LogP contribution >= 0.6 is 0 Å². The number of hydrogen-bond donors (Lipinski definition) is 2. The summed E-state index contributed by atoms with van der Waals surface area (Å²) in [5.41, 5.74) is 8.47. The Morgan fingerprint density at radius 1 is 1.19 bits per heavy atom. The van der Waals surface area contributed by atoms with Gasteiger partial charge < -0.3 is 10.3 Å². The average molecular weight is 359 g/mol. The van der Waals surface area contributed by atoms with Gasteiger partial charge in [0.2, 0.25) is 0 Å². The second-order valence-corrected chi connectivity index (χ2v) is 7.52. The van der Waals surface area contributed by atoms with Gasteiger partial charge in [-0.15, -0.1) is 0 Å². The SMILES string of the molecule is CCc1c(-c2ccnc3cnn(C)c23)[nH]c2ccc(C3CCNCC3)cc12. The zero-order valence-electron chi connectivity index (χ0n) is 15.9. The minimum absolute atomic E-state index is 0.670. The van der Waals surface area contributed by atoms with Crippen LogP contribution in [-0.4, -0.2) is 32.8 Å². The summed E-state index contributed by atoms with van der Waals surface area (Å²) in [6, 6.07) is 9.09. The van der Waals surface area contributed by atoms with Crippen molar-refractivity contribution in [3.8, 4) is 11.3 Å². The molecule has 0 spiro atoms. The standard InChI is InChI=1S/C22H25N5/c1-3-16-18-12-15(14-6-9-23-10-7-14)4-5-19(18)26-21(16)17-8-11-24-20-13-25-27(2)22(17)20/h4-5,8,11-14,23,26H,3,6-7,9-10H2,1-2H3. The monoisotopic (exact) mass is 359 g/mol. The van der Waals surface area contributed by atoms with Crippen LogP contribution < -0.4 is 5.32 Å². The van der Waals surface area contributed by atoms with E-state index in [9.17, 15) is 0 Å². The first-order chi connectivity index (χ1) is 13.3. The second-order valence-electron chi connectivity index (χ2n) is 7.52. The average Bonchev–Trinajstić information content (AvgIpc) is 3.28. The van der Waals surface area contributed by atoms with Crippen molar-refractivity contribution < 1.29 is 0 Å². The first kappa shape index (κ1) is 16.5. The van der Waals surface area contributed by atoms with Crippen LogP contribution in [0.1, 0.15) is 36.8 Å². The predicted molar refractivity (Wildman–Crippen MR) is 110 cm³/mol. The molecular weight excluding hydrogens is 334 g/mol. The van der Waals surface area contributed by atoms with Crippen LogP contribution in [0.4, 0.5) is 0 Å². The second kappa shape index (κ2) is 6.50. The van der Waals surface area contributed by atoms with E-state index >= 15 is 0 Å². The highest BCUT2D eigenvalue weighted by Gasteiger charge is 2.19. The van der Waals surface area contributed by atoms with E-state index in [0.717, 1.165) is 30.5 Å². The number of pyridine rings is 1. The molecule has 0 atom stereocenters. The molecule has 0 aliphatic carbocycles. The van der Waals surface area contributed by atoms with E-state index in [0.29, 0.717) is 5.92 Å². The van der Waals surface area contributed by atoms with E-state index < -0.39 is 0 Å². The summed E-state index contributed by atoms with van der Waals surface area (Å²) < 4.78 is 1.92. The van der Waals surface area contributed by atoms with Crippen molar-refractivity contribution in [2.75, 3.05) is 13.1 Å². The van der Waals surface area contributed by atoms with Crippen molar-refractivity contribution in [2.24, 2.45) is 7.05 Å². The maximum absolute atomic E-state index is 4.47. The Morgan fingerprint density at radius 3 is 2.85 bits per heavy atom. The maximum atomic E-state index is 4.47. The van der Waals surface area contributed by atoms with Crippen LogP contribution in [-0.2, 0) is 13.5 Å². The Bertz CT molecular complexity index is 1110. The first-order valence-corrected chi connectivity index (χ1v) is 9.88. The predicted octanol–water partition coefficient (Wildman–Crippen LogP) is 4.15. The molecule has 1 aliphatic rings. The number of aryl methyl sites for hydroxylation is 2. The van der Waals surface area contributed by atoms with Gasteiger partial charge in [0.05, 0.1) is 17.4 Å². The maximum Gasteiger partial charge on any atom is 0.109 e. The minimum atomic E-state index is 0.670. The third-order valence-electron chi connectivity index (χ3n) is 5.99. The molecule has 4 heterocycles. The van der Waals surface area contributed by atoms with E-state index in [4.69, 9.17) is 0 Å². The smallest absolute Gasteiger partial charge is 0.109 e. The molecule has 5 rings (SSSR count). The summed E-state index contributed by atoms with van der Waals surface area (Å²) in [7, 11) is 1.98. The van der Waals surface area contributed by atoms with Gasteiger partial charge in [-0.3, -0.25) is 9.67 Å². The number of rotatable bonds is 3. The minimum Gasteiger partial charge on any atom is -0.354 e.